The molecule has 0 aliphatic heterocycles. The van der Waals surface area contributed by atoms with Crippen LogP contribution in [-0.4, -0.2) is 16.1 Å². The maximum absolute atomic E-state index is 11.1. The monoisotopic (exact) mass is 262 g/mol. The van der Waals surface area contributed by atoms with Crippen molar-refractivity contribution >= 4 is 28.1 Å². The van der Waals surface area contributed by atoms with E-state index in [0.29, 0.717) is 16.7 Å². The molecule has 4 nitrogen and oxygen atoms in total. The number of hydrogen-bond donors (Lipinski definition) is 2. The number of anilines is 2. The van der Waals surface area contributed by atoms with Crippen LogP contribution < -0.4 is 5.32 Å². The van der Waals surface area contributed by atoms with Gasteiger partial charge in [-0.3, -0.25) is 0 Å². The first kappa shape index (κ1) is 12.6. The number of carboxylic acids is 1. The fraction of sp³-hybridized carbons (Fsp3) is 0.231. The molecule has 0 spiro atoms. The molecule has 0 amide bonds. The second-order valence-electron chi connectivity index (χ2n) is 4.21. The molecule has 0 unspecified atom stereocenters. The molecule has 0 aliphatic rings. The molecule has 0 saturated carbocycles. The zero-order valence-corrected chi connectivity index (χ0v) is 11.0. The van der Waals surface area contributed by atoms with E-state index in [-0.39, 0.29) is 5.56 Å². The van der Waals surface area contributed by atoms with E-state index in [2.05, 4.69) is 24.1 Å². The van der Waals surface area contributed by atoms with Crippen molar-refractivity contribution in [3.63, 3.8) is 0 Å². The van der Waals surface area contributed by atoms with Crippen LogP contribution in [0.2, 0.25) is 0 Å². The summed E-state index contributed by atoms with van der Waals surface area (Å²) in [7, 11) is 0. The predicted octanol–water partition coefficient (Wildman–Crippen LogP) is 3.71. The highest BCUT2D eigenvalue weighted by Gasteiger charge is 2.11. The van der Waals surface area contributed by atoms with Crippen molar-refractivity contribution < 1.29 is 9.90 Å². The van der Waals surface area contributed by atoms with Crippen LogP contribution in [0.3, 0.4) is 0 Å². The number of nitrogens with one attached hydrogen (secondary N) is 1. The maximum atomic E-state index is 11.1. The zero-order chi connectivity index (χ0) is 13.1. The molecular weight excluding hydrogens is 248 g/mol. The lowest BCUT2D eigenvalue weighted by Crippen LogP contribution is -2.02. The second-order valence-corrected chi connectivity index (χ2v) is 5.07. The molecule has 0 bridgehead atoms. The van der Waals surface area contributed by atoms with Gasteiger partial charge in [0, 0.05) is 5.38 Å². The van der Waals surface area contributed by atoms with Gasteiger partial charge in [-0.1, -0.05) is 26.0 Å². The highest BCUT2D eigenvalue weighted by Crippen LogP contribution is 2.26. The van der Waals surface area contributed by atoms with Gasteiger partial charge in [0.25, 0.3) is 0 Å². The Balaban J connectivity index is 2.25. The minimum Gasteiger partial charge on any atom is -0.478 e. The number of nitrogens with zero attached hydrogens (tertiary/aromatic N) is 1. The Labute approximate surface area is 109 Å². The summed E-state index contributed by atoms with van der Waals surface area (Å²) >= 11 is 1.48. The smallest absolute Gasteiger partial charge is 0.337 e. The number of carbonyl (C=O) groups is 1. The number of aromatic nitrogens is 1. The average Bonchev–Trinajstić information content (AvgIpc) is 2.78. The number of rotatable bonds is 4. The second kappa shape index (κ2) is 5.18. The van der Waals surface area contributed by atoms with E-state index >= 15 is 0 Å². The summed E-state index contributed by atoms with van der Waals surface area (Å²) in [5.74, 6) is -0.578. The third kappa shape index (κ3) is 2.68. The van der Waals surface area contributed by atoms with Crippen LogP contribution in [0, 0.1) is 0 Å². The summed E-state index contributed by atoms with van der Waals surface area (Å²) in [6.07, 6.45) is 0. The number of thiazole rings is 1. The summed E-state index contributed by atoms with van der Waals surface area (Å²) in [6.45, 7) is 4.15. The molecule has 18 heavy (non-hydrogen) atoms. The SMILES string of the molecule is CC(C)c1csc(Nc2ccccc2C(=O)O)n1. The minimum atomic E-state index is -0.946. The van der Waals surface area contributed by atoms with E-state index < -0.39 is 5.97 Å². The quantitative estimate of drug-likeness (QED) is 0.881. The van der Waals surface area contributed by atoms with Crippen LogP contribution in [0.1, 0.15) is 35.8 Å². The Kier molecular flexibility index (Phi) is 3.62. The Morgan fingerprint density at radius 2 is 2.11 bits per heavy atom. The van der Waals surface area contributed by atoms with Crippen molar-refractivity contribution in [1.29, 1.82) is 0 Å². The molecule has 2 aromatic rings. The third-order valence-corrected chi connectivity index (χ3v) is 3.29. The molecule has 0 radical (unpaired) electrons. The lowest BCUT2D eigenvalue weighted by atomic mass is 10.2. The molecule has 1 heterocycles. The van der Waals surface area contributed by atoms with E-state index in [0.717, 1.165) is 5.69 Å². The van der Waals surface area contributed by atoms with Crippen LogP contribution in [0.25, 0.3) is 0 Å². The van der Waals surface area contributed by atoms with Gasteiger partial charge in [0.1, 0.15) is 0 Å². The fourth-order valence-electron chi connectivity index (χ4n) is 1.50. The lowest BCUT2D eigenvalue weighted by molar-refractivity contribution is 0.0698. The van der Waals surface area contributed by atoms with Crippen molar-refractivity contribution in [2.24, 2.45) is 0 Å². The van der Waals surface area contributed by atoms with Gasteiger partial charge in [0.05, 0.1) is 16.9 Å². The van der Waals surface area contributed by atoms with Gasteiger partial charge in [-0.15, -0.1) is 11.3 Å². The standard InChI is InChI=1S/C13H14N2O2S/c1-8(2)11-7-18-13(15-11)14-10-6-4-3-5-9(10)12(16)17/h3-8H,1-2H3,(H,14,15)(H,16,17). The van der Waals surface area contributed by atoms with Crippen LogP contribution >= 0.6 is 11.3 Å². The number of para-hydroxylation sites is 1. The normalized spacial score (nSPS) is 10.6. The van der Waals surface area contributed by atoms with Crippen molar-refractivity contribution in [2.75, 3.05) is 5.32 Å². The van der Waals surface area contributed by atoms with Gasteiger partial charge in [-0.05, 0) is 18.1 Å². The molecule has 2 N–H and O–H groups in total. The summed E-state index contributed by atoms with van der Waals surface area (Å²) < 4.78 is 0. The van der Waals surface area contributed by atoms with Gasteiger partial charge in [0.15, 0.2) is 5.13 Å². The van der Waals surface area contributed by atoms with Gasteiger partial charge >= 0.3 is 5.97 Å². The number of benzene rings is 1. The Morgan fingerprint density at radius 1 is 1.39 bits per heavy atom. The number of carboxylic acid groups (broad SMARTS) is 1. The van der Waals surface area contributed by atoms with Gasteiger partial charge in [0.2, 0.25) is 0 Å². The van der Waals surface area contributed by atoms with Crippen molar-refractivity contribution in [3.8, 4) is 0 Å². The highest BCUT2D eigenvalue weighted by molar-refractivity contribution is 7.13. The fourth-order valence-corrected chi connectivity index (χ4v) is 2.39. The van der Waals surface area contributed by atoms with Gasteiger partial charge in [-0.2, -0.15) is 0 Å². The van der Waals surface area contributed by atoms with Gasteiger partial charge < -0.3 is 10.4 Å². The maximum Gasteiger partial charge on any atom is 0.337 e. The summed E-state index contributed by atoms with van der Waals surface area (Å²) in [4.78, 5) is 15.5. The molecule has 2 rings (SSSR count). The molecule has 1 aromatic carbocycles. The first-order chi connectivity index (χ1) is 8.58. The molecule has 0 atom stereocenters. The van der Waals surface area contributed by atoms with Crippen molar-refractivity contribution in [2.45, 2.75) is 19.8 Å². The summed E-state index contributed by atoms with van der Waals surface area (Å²) in [5, 5.41) is 14.8. The molecular formula is C13H14N2O2S. The van der Waals surface area contributed by atoms with E-state index in [4.69, 9.17) is 5.11 Å². The van der Waals surface area contributed by atoms with Crippen LogP contribution in [-0.2, 0) is 0 Å². The Morgan fingerprint density at radius 3 is 2.72 bits per heavy atom. The molecule has 0 saturated heterocycles. The number of aromatic carboxylic acids is 1. The third-order valence-electron chi connectivity index (χ3n) is 2.51. The van der Waals surface area contributed by atoms with Gasteiger partial charge in [-0.25, -0.2) is 9.78 Å². The summed E-state index contributed by atoms with van der Waals surface area (Å²) in [5.41, 5.74) is 1.82. The predicted molar refractivity (Wildman–Crippen MR) is 72.9 cm³/mol. The largest absolute Gasteiger partial charge is 0.478 e. The van der Waals surface area contributed by atoms with Crippen LogP contribution in [0.15, 0.2) is 29.6 Å². The van der Waals surface area contributed by atoms with Crippen LogP contribution in [0.5, 0.6) is 0 Å². The minimum absolute atomic E-state index is 0.249. The number of hydrogen-bond acceptors (Lipinski definition) is 4. The zero-order valence-electron chi connectivity index (χ0n) is 10.2. The first-order valence-electron chi connectivity index (χ1n) is 5.62. The summed E-state index contributed by atoms with van der Waals surface area (Å²) in [6, 6.07) is 6.81. The van der Waals surface area contributed by atoms with Crippen LogP contribution in [0.4, 0.5) is 10.8 Å². The van der Waals surface area contributed by atoms with E-state index in [1.54, 1.807) is 24.3 Å². The lowest BCUT2D eigenvalue weighted by Gasteiger charge is -2.06. The molecule has 5 heteroatoms. The van der Waals surface area contributed by atoms with E-state index in [1.165, 1.54) is 11.3 Å². The molecule has 0 aliphatic carbocycles. The molecule has 1 aromatic heterocycles. The first-order valence-corrected chi connectivity index (χ1v) is 6.50. The Hall–Kier alpha value is -1.88. The average molecular weight is 262 g/mol. The Bertz CT molecular complexity index is 564. The molecule has 0 fully saturated rings. The van der Waals surface area contributed by atoms with E-state index in [9.17, 15) is 4.79 Å². The topological polar surface area (TPSA) is 62.2 Å². The highest BCUT2D eigenvalue weighted by atomic mass is 32.1. The van der Waals surface area contributed by atoms with E-state index in [1.807, 2.05) is 5.38 Å². The molecule has 94 valence electrons. The van der Waals surface area contributed by atoms with Crippen molar-refractivity contribution in [1.82, 2.24) is 4.98 Å². The van der Waals surface area contributed by atoms with Crippen molar-refractivity contribution in [3.05, 3.63) is 40.9 Å².